The minimum Gasteiger partial charge on any atom is -0.457 e. The average molecular weight is 341 g/mol. The van der Waals surface area contributed by atoms with Crippen LogP contribution in [0.2, 0.25) is 0 Å². The van der Waals surface area contributed by atoms with Crippen molar-refractivity contribution in [2.24, 2.45) is 0 Å². The van der Waals surface area contributed by atoms with Gasteiger partial charge in [0, 0.05) is 18.4 Å². The number of benzene rings is 3. The highest BCUT2D eigenvalue weighted by Crippen LogP contribution is 2.30. The zero-order valence-electron chi connectivity index (χ0n) is 13.6. The molecular formula is C19H19NO3S. The van der Waals surface area contributed by atoms with Crippen molar-refractivity contribution in [2.45, 2.75) is 11.4 Å². The summed E-state index contributed by atoms with van der Waals surface area (Å²) in [4.78, 5) is 0.248. The van der Waals surface area contributed by atoms with Gasteiger partial charge in [-0.2, -0.15) is 0 Å². The van der Waals surface area contributed by atoms with Crippen LogP contribution >= 0.6 is 0 Å². The predicted molar refractivity (Wildman–Crippen MR) is 96.3 cm³/mol. The van der Waals surface area contributed by atoms with Gasteiger partial charge in [0.15, 0.2) is 9.84 Å². The summed E-state index contributed by atoms with van der Waals surface area (Å²) in [5, 5.41) is 5.27. The quantitative estimate of drug-likeness (QED) is 0.768. The highest BCUT2D eigenvalue weighted by atomic mass is 32.2. The third-order valence-corrected chi connectivity index (χ3v) is 4.89. The van der Waals surface area contributed by atoms with Crippen LogP contribution in [-0.2, 0) is 16.4 Å². The molecule has 0 aliphatic heterocycles. The van der Waals surface area contributed by atoms with E-state index in [4.69, 9.17) is 4.74 Å². The zero-order valence-corrected chi connectivity index (χ0v) is 14.4. The largest absolute Gasteiger partial charge is 0.457 e. The summed E-state index contributed by atoms with van der Waals surface area (Å²) in [5.74, 6) is 1.22. The molecule has 5 heteroatoms. The van der Waals surface area contributed by atoms with Gasteiger partial charge in [-0.25, -0.2) is 8.42 Å². The van der Waals surface area contributed by atoms with Crippen LogP contribution in [0.3, 0.4) is 0 Å². The predicted octanol–water partition coefficient (Wildman–Crippen LogP) is 3.76. The van der Waals surface area contributed by atoms with Crippen LogP contribution < -0.4 is 10.1 Å². The molecule has 24 heavy (non-hydrogen) atoms. The Morgan fingerprint density at radius 2 is 1.71 bits per heavy atom. The summed E-state index contributed by atoms with van der Waals surface area (Å²) < 4.78 is 29.6. The molecule has 4 nitrogen and oxygen atoms in total. The summed E-state index contributed by atoms with van der Waals surface area (Å²) >= 11 is 0. The Hall–Kier alpha value is -2.37. The Labute approximate surface area is 142 Å². The Morgan fingerprint density at radius 1 is 0.958 bits per heavy atom. The van der Waals surface area contributed by atoms with Gasteiger partial charge in [0.1, 0.15) is 11.5 Å². The second kappa shape index (κ2) is 6.63. The summed E-state index contributed by atoms with van der Waals surface area (Å²) in [7, 11) is -1.45. The molecule has 0 saturated heterocycles. The molecule has 124 valence electrons. The fraction of sp³-hybridized carbons (Fsp3) is 0.158. The van der Waals surface area contributed by atoms with Gasteiger partial charge in [-0.05, 0) is 42.1 Å². The van der Waals surface area contributed by atoms with Crippen LogP contribution in [-0.4, -0.2) is 21.7 Å². The first-order valence-electron chi connectivity index (χ1n) is 7.61. The topological polar surface area (TPSA) is 55.4 Å². The molecular weight excluding hydrogens is 322 g/mol. The molecule has 0 atom stereocenters. The zero-order chi connectivity index (χ0) is 17.2. The van der Waals surface area contributed by atoms with E-state index in [-0.39, 0.29) is 4.90 Å². The second-order valence-corrected chi connectivity index (χ2v) is 7.70. The standard InChI is InChI=1S/C19H19NO3S/c1-20-13-16-8-10-18(24(2,21)22)12-19(16)23-17-9-7-14-5-3-4-6-15(14)11-17/h3-12,20H,13H2,1-2H3. The minimum absolute atomic E-state index is 0.248. The van der Waals surface area contributed by atoms with Gasteiger partial charge in [0.2, 0.25) is 0 Å². The summed E-state index contributed by atoms with van der Waals surface area (Å²) in [6.07, 6.45) is 1.19. The lowest BCUT2D eigenvalue weighted by molar-refractivity contribution is 0.473. The molecule has 0 heterocycles. The summed E-state index contributed by atoms with van der Waals surface area (Å²) in [6.45, 7) is 0.590. The number of sulfone groups is 1. The number of rotatable bonds is 5. The van der Waals surface area contributed by atoms with Crippen molar-refractivity contribution < 1.29 is 13.2 Å². The molecule has 1 N–H and O–H groups in total. The van der Waals surface area contributed by atoms with Crippen molar-refractivity contribution in [2.75, 3.05) is 13.3 Å². The van der Waals surface area contributed by atoms with Gasteiger partial charge >= 0.3 is 0 Å². The maximum absolute atomic E-state index is 11.8. The molecule has 0 unspecified atom stereocenters. The van der Waals surface area contributed by atoms with Crippen LogP contribution in [0.1, 0.15) is 5.56 Å². The molecule has 3 aromatic carbocycles. The molecule has 3 aromatic rings. The van der Waals surface area contributed by atoms with Gasteiger partial charge in [-0.3, -0.25) is 0 Å². The third-order valence-electron chi connectivity index (χ3n) is 3.78. The van der Waals surface area contributed by atoms with E-state index in [2.05, 4.69) is 5.32 Å². The van der Waals surface area contributed by atoms with E-state index in [0.29, 0.717) is 18.0 Å². The fourth-order valence-corrected chi connectivity index (χ4v) is 3.19. The van der Waals surface area contributed by atoms with E-state index in [1.807, 2.05) is 49.5 Å². The maximum Gasteiger partial charge on any atom is 0.175 e. The molecule has 0 amide bonds. The van der Waals surface area contributed by atoms with Crippen LogP contribution in [0, 0.1) is 0 Å². The van der Waals surface area contributed by atoms with E-state index in [9.17, 15) is 8.42 Å². The van der Waals surface area contributed by atoms with Gasteiger partial charge < -0.3 is 10.1 Å². The highest BCUT2D eigenvalue weighted by molar-refractivity contribution is 7.90. The normalized spacial score (nSPS) is 11.6. The molecule has 0 radical (unpaired) electrons. The van der Waals surface area contributed by atoms with E-state index < -0.39 is 9.84 Å². The van der Waals surface area contributed by atoms with Crippen LogP contribution in [0.5, 0.6) is 11.5 Å². The van der Waals surface area contributed by atoms with Crippen LogP contribution in [0.4, 0.5) is 0 Å². The number of hydrogen-bond donors (Lipinski definition) is 1. The number of nitrogens with one attached hydrogen (secondary N) is 1. The van der Waals surface area contributed by atoms with Crippen molar-refractivity contribution in [1.82, 2.24) is 5.32 Å². The van der Waals surface area contributed by atoms with E-state index in [0.717, 1.165) is 16.3 Å². The lowest BCUT2D eigenvalue weighted by Gasteiger charge is -2.13. The SMILES string of the molecule is CNCc1ccc(S(C)(=O)=O)cc1Oc1ccc2ccccc2c1. The van der Waals surface area contributed by atoms with Gasteiger partial charge in [0.05, 0.1) is 4.90 Å². The number of hydrogen-bond acceptors (Lipinski definition) is 4. The Balaban J connectivity index is 2.02. The molecule has 0 aliphatic carbocycles. The maximum atomic E-state index is 11.8. The van der Waals surface area contributed by atoms with Gasteiger partial charge in [-0.1, -0.05) is 36.4 Å². The molecule has 0 aliphatic rings. The first kappa shape index (κ1) is 16.5. The molecule has 3 rings (SSSR count). The van der Waals surface area contributed by atoms with Crippen LogP contribution in [0.25, 0.3) is 10.8 Å². The summed E-state index contributed by atoms with van der Waals surface area (Å²) in [5.41, 5.74) is 0.901. The average Bonchev–Trinajstić information content (AvgIpc) is 2.55. The molecule has 0 spiro atoms. The van der Waals surface area contributed by atoms with Crippen LogP contribution in [0.15, 0.2) is 65.6 Å². The minimum atomic E-state index is -3.28. The second-order valence-electron chi connectivity index (χ2n) is 5.68. The van der Waals surface area contributed by atoms with Crippen molar-refractivity contribution in [3.05, 3.63) is 66.2 Å². The Kier molecular flexibility index (Phi) is 4.55. The Bertz CT molecular complexity index is 981. The van der Waals surface area contributed by atoms with Gasteiger partial charge in [-0.15, -0.1) is 0 Å². The molecule has 0 aromatic heterocycles. The lowest BCUT2D eigenvalue weighted by atomic mass is 10.1. The lowest BCUT2D eigenvalue weighted by Crippen LogP contribution is -2.07. The summed E-state index contributed by atoms with van der Waals surface area (Å²) in [6, 6.07) is 18.8. The third kappa shape index (κ3) is 3.58. The molecule has 0 bridgehead atoms. The smallest absolute Gasteiger partial charge is 0.175 e. The molecule has 0 saturated carbocycles. The first-order valence-corrected chi connectivity index (χ1v) is 9.51. The monoisotopic (exact) mass is 341 g/mol. The Morgan fingerprint density at radius 3 is 2.42 bits per heavy atom. The highest BCUT2D eigenvalue weighted by Gasteiger charge is 2.12. The number of fused-ring (bicyclic) bond motifs is 1. The van der Waals surface area contributed by atoms with Crippen molar-refractivity contribution >= 4 is 20.6 Å². The van der Waals surface area contributed by atoms with Crippen molar-refractivity contribution in [3.63, 3.8) is 0 Å². The van der Waals surface area contributed by atoms with Gasteiger partial charge in [0.25, 0.3) is 0 Å². The van der Waals surface area contributed by atoms with E-state index in [1.54, 1.807) is 18.2 Å². The number of ether oxygens (including phenoxy) is 1. The van der Waals surface area contributed by atoms with E-state index in [1.165, 1.54) is 6.26 Å². The molecule has 0 fully saturated rings. The van der Waals surface area contributed by atoms with E-state index >= 15 is 0 Å². The first-order chi connectivity index (χ1) is 11.5. The van der Waals surface area contributed by atoms with Crippen molar-refractivity contribution in [3.8, 4) is 11.5 Å². The van der Waals surface area contributed by atoms with Crippen molar-refractivity contribution in [1.29, 1.82) is 0 Å². The fourth-order valence-electron chi connectivity index (χ4n) is 2.55.